The number of rotatable bonds is 7. The lowest BCUT2D eigenvalue weighted by molar-refractivity contribution is -0.140. The molecule has 0 fully saturated rings. The summed E-state index contributed by atoms with van der Waals surface area (Å²) in [5.74, 6) is -1.07. The van der Waals surface area contributed by atoms with E-state index in [0.717, 1.165) is 22.3 Å². The number of hydrogen-bond acceptors (Lipinski definition) is 4. The maximum absolute atomic E-state index is 12.5. The number of fused-ring (bicyclic) bond motifs is 3. The Morgan fingerprint density at radius 2 is 1.64 bits per heavy atom. The van der Waals surface area contributed by atoms with Crippen molar-refractivity contribution < 1.29 is 24.2 Å². The molecule has 0 spiro atoms. The SMILES string of the molecule is COC(C)C(C)(CC(=O)O)NC(=O)OCC1c2ccccc2-c2ccccc21. The molecule has 0 heterocycles. The van der Waals surface area contributed by atoms with E-state index in [2.05, 4.69) is 17.4 Å². The molecule has 0 radical (unpaired) electrons. The van der Waals surface area contributed by atoms with Crippen molar-refractivity contribution in [2.45, 2.75) is 37.8 Å². The summed E-state index contributed by atoms with van der Waals surface area (Å²) < 4.78 is 10.8. The third-order valence-electron chi connectivity index (χ3n) is 5.50. The van der Waals surface area contributed by atoms with Gasteiger partial charge in [0.25, 0.3) is 0 Å². The molecular weight excluding hydrogens is 358 g/mol. The van der Waals surface area contributed by atoms with E-state index in [4.69, 9.17) is 9.47 Å². The Morgan fingerprint density at radius 1 is 1.11 bits per heavy atom. The Balaban J connectivity index is 1.73. The van der Waals surface area contributed by atoms with Gasteiger partial charge in [0.15, 0.2) is 0 Å². The molecule has 0 aromatic heterocycles. The minimum atomic E-state index is -1.08. The fourth-order valence-electron chi connectivity index (χ4n) is 3.73. The number of benzene rings is 2. The number of ether oxygens (including phenoxy) is 2. The highest BCUT2D eigenvalue weighted by Crippen LogP contribution is 2.44. The summed E-state index contributed by atoms with van der Waals surface area (Å²) in [5.41, 5.74) is 3.46. The maximum atomic E-state index is 12.5. The van der Waals surface area contributed by atoms with E-state index in [0.29, 0.717) is 0 Å². The van der Waals surface area contributed by atoms with Crippen LogP contribution in [0.15, 0.2) is 48.5 Å². The second-order valence-electron chi connectivity index (χ2n) is 7.32. The third kappa shape index (κ3) is 3.87. The van der Waals surface area contributed by atoms with Crippen LogP contribution >= 0.6 is 0 Å². The molecule has 148 valence electrons. The Labute approximate surface area is 164 Å². The van der Waals surface area contributed by atoms with Crippen LogP contribution in [-0.2, 0) is 14.3 Å². The predicted molar refractivity (Wildman–Crippen MR) is 105 cm³/mol. The molecule has 2 N–H and O–H groups in total. The average molecular weight is 383 g/mol. The first-order valence-electron chi connectivity index (χ1n) is 9.23. The Bertz CT molecular complexity index is 835. The van der Waals surface area contributed by atoms with E-state index in [-0.39, 0.29) is 18.9 Å². The fourth-order valence-corrected chi connectivity index (χ4v) is 3.73. The van der Waals surface area contributed by atoms with Gasteiger partial charge in [0.1, 0.15) is 6.61 Å². The second-order valence-corrected chi connectivity index (χ2v) is 7.32. The average Bonchev–Trinajstić information content (AvgIpc) is 2.99. The van der Waals surface area contributed by atoms with Crippen molar-refractivity contribution in [3.63, 3.8) is 0 Å². The largest absolute Gasteiger partial charge is 0.481 e. The molecule has 6 heteroatoms. The van der Waals surface area contributed by atoms with Gasteiger partial charge in [0.05, 0.1) is 18.1 Å². The highest BCUT2D eigenvalue weighted by atomic mass is 16.5. The quantitative estimate of drug-likeness (QED) is 0.760. The van der Waals surface area contributed by atoms with Gasteiger partial charge in [-0.25, -0.2) is 4.79 Å². The lowest BCUT2D eigenvalue weighted by Crippen LogP contribution is -2.55. The number of carboxylic acid groups (broad SMARTS) is 1. The van der Waals surface area contributed by atoms with Crippen molar-refractivity contribution >= 4 is 12.1 Å². The minimum absolute atomic E-state index is 0.0521. The number of methoxy groups -OCH3 is 1. The Hall–Kier alpha value is -2.86. The van der Waals surface area contributed by atoms with Crippen molar-refractivity contribution in [3.8, 4) is 11.1 Å². The lowest BCUT2D eigenvalue weighted by Gasteiger charge is -2.34. The summed E-state index contributed by atoms with van der Waals surface area (Å²) in [5, 5.41) is 11.9. The van der Waals surface area contributed by atoms with Gasteiger partial charge < -0.3 is 19.9 Å². The van der Waals surface area contributed by atoms with Crippen LogP contribution in [0.5, 0.6) is 0 Å². The molecule has 28 heavy (non-hydrogen) atoms. The van der Waals surface area contributed by atoms with Crippen molar-refractivity contribution in [1.29, 1.82) is 0 Å². The molecule has 6 nitrogen and oxygen atoms in total. The third-order valence-corrected chi connectivity index (χ3v) is 5.50. The van der Waals surface area contributed by atoms with E-state index < -0.39 is 23.7 Å². The molecule has 0 aliphatic heterocycles. The van der Waals surface area contributed by atoms with Gasteiger partial charge in [-0.15, -0.1) is 0 Å². The first-order valence-corrected chi connectivity index (χ1v) is 9.23. The standard InChI is InChI=1S/C22H25NO5/c1-14(27-3)22(2,12-20(24)25)23-21(26)28-13-19-17-10-6-4-8-15(17)16-9-5-7-11-18(16)19/h4-11,14,19H,12-13H2,1-3H3,(H,23,26)(H,24,25). The van der Waals surface area contributed by atoms with Crippen LogP contribution in [-0.4, -0.2) is 42.5 Å². The van der Waals surface area contributed by atoms with Gasteiger partial charge in [0, 0.05) is 13.0 Å². The van der Waals surface area contributed by atoms with Gasteiger partial charge in [-0.2, -0.15) is 0 Å². The lowest BCUT2D eigenvalue weighted by atomic mass is 9.92. The summed E-state index contributed by atoms with van der Waals surface area (Å²) in [7, 11) is 1.48. The maximum Gasteiger partial charge on any atom is 0.407 e. The Morgan fingerprint density at radius 3 is 2.14 bits per heavy atom. The predicted octanol–water partition coefficient (Wildman–Crippen LogP) is 3.79. The van der Waals surface area contributed by atoms with E-state index in [9.17, 15) is 14.7 Å². The van der Waals surface area contributed by atoms with Crippen LogP contribution in [0.4, 0.5) is 4.79 Å². The van der Waals surface area contributed by atoms with Crippen molar-refractivity contribution in [2.24, 2.45) is 0 Å². The molecule has 1 aliphatic carbocycles. The minimum Gasteiger partial charge on any atom is -0.481 e. The van der Waals surface area contributed by atoms with Gasteiger partial charge in [0.2, 0.25) is 0 Å². The van der Waals surface area contributed by atoms with Crippen molar-refractivity contribution in [3.05, 3.63) is 59.7 Å². The zero-order valence-electron chi connectivity index (χ0n) is 16.3. The van der Waals surface area contributed by atoms with Crippen molar-refractivity contribution in [2.75, 3.05) is 13.7 Å². The molecule has 2 aromatic rings. The van der Waals surface area contributed by atoms with Gasteiger partial charge in [-0.1, -0.05) is 48.5 Å². The monoisotopic (exact) mass is 383 g/mol. The number of nitrogens with one attached hydrogen (secondary N) is 1. The number of carbonyl (C=O) groups excluding carboxylic acids is 1. The molecular formula is C22H25NO5. The number of aliphatic carboxylic acids is 1. The topological polar surface area (TPSA) is 84.9 Å². The molecule has 1 aliphatic rings. The summed E-state index contributed by atoms with van der Waals surface area (Å²) in [4.78, 5) is 23.7. The van der Waals surface area contributed by atoms with Gasteiger partial charge in [-0.05, 0) is 36.1 Å². The molecule has 0 saturated heterocycles. The second kappa shape index (κ2) is 8.02. The van der Waals surface area contributed by atoms with Crippen LogP contribution in [0.1, 0.15) is 37.3 Å². The van der Waals surface area contributed by atoms with Crippen molar-refractivity contribution in [1.82, 2.24) is 5.32 Å². The van der Waals surface area contributed by atoms with Crippen LogP contribution < -0.4 is 5.32 Å². The Kier molecular flexibility index (Phi) is 5.70. The molecule has 0 bridgehead atoms. The summed E-state index contributed by atoms with van der Waals surface area (Å²) in [6.07, 6.45) is -1.43. The first kappa shape index (κ1) is 19.9. The molecule has 3 rings (SSSR count). The summed E-state index contributed by atoms with van der Waals surface area (Å²) in [6, 6.07) is 16.2. The van der Waals surface area contributed by atoms with E-state index >= 15 is 0 Å². The zero-order chi connectivity index (χ0) is 20.3. The molecule has 1 amide bonds. The van der Waals surface area contributed by atoms with Gasteiger partial charge in [-0.3, -0.25) is 4.79 Å². The van der Waals surface area contributed by atoms with E-state index in [1.807, 2.05) is 36.4 Å². The number of amides is 1. The normalized spacial score (nSPS) is 15.8. The van der Waals surface area contributed by atoms with Crippen LogP contribution in [0.25, 0.3) is 11.1 Å². The highest BCUT2D eigenvalue weighted by molar-refractivity contribution is 5.79. The summed E-state index contributed by atoms with van der Waals surface area (Å²) >= 11 is 0. The molecule has 2 atom stereocenters. The highest BCUT2D eigenvalue weighted by Gasteiger charge is 2.37. The van der Waals surface area contributed by atoms with Crippen LogP contribution in [0.3, 0.4) is 0 Å². The summed E-state index contributed by atoms with van der Waals surface area (Å²) in [6.45, 7) is 3.52. The van der Waals surface area contributed by atoms with Gasteiger partial charge >= 0.3 is 12.1 Å². The van der Waals surface area contributed by atoms with Crippen LogP contribution in [0.2, 0.25) is 0 Å². The number of alkyl carbamates (subject to hydrolysis) is 1. The smallest absolute Gasteiger partial charge is 0.407 e. The van der Waals surface area contributed by atoms with Crippen LogP contribution in [0, 0.1) is 0 Å². The molecule has 0 saturated carbocycles. The molecule has 2 aromatic carbocycles. The number of carboxylic acids is 1. The zero-order valence-corrected chi connectivity index (χ0v) is 16.3. The molecule has 2 unspecified atom stereocenters. The number of hydrogen-bond donors (Lipinski definition) is 2. The van der Waals surface area contributed by atoms with E-state index in [1.54, 1.807) is 13.8 Å². The first-order chi connectivity index (χ1) is 13.4. The number of carbonyl (C=O) groups is 2. The van der Waals surface area contributed by atoms with E-state index in [1.165, 1.54) is 7.11 Å². The fraction of sp³-hybridized carbons (Fsp3) is 0.364.